The van der Waals surface area contributed by atoms with E-state index >= 15 is 0 Å². The molecule has 2 aromatic rings. The van der Waals surface area contributed by atoms with E-state index in [4.69, 9.17) is 9.47 Å². The molecule has 118 valence electrons. The van der Waals surface area contributed by atoms with Gasteiger partial charge in [0.25, 0.3) is 0 Å². The first kappa shape index (κ1) is 17.1. The van der Waals surface area contributed by atoms with Crippen molar-refractivity contribution in [3.63, 3.8) is 0 Å². The molecule has 0 bridgehead atoms. The van der Waals surface area contributed by atoms with Crippen LogP contribution in [0.4, 0.5) is 0 Å². The number of methoxy groups -OCH3 is 2. The molecule has 8 heteroatoms. The third-order valence-electron chi connectivity index (χ3n) is 2.88. The molecule has 0 N–H and O–H groups in total. The number of nitrogens with zero attached hydrogens (tertiary/aromatic N) is 2. The average molecular weight is 356 g/mol. The summed E-state index contributed by atoms with van der Waals surface area (Å²) in [6.07, 6.45) is 1.95. The molecule has 0 saturated heterocycles. The first-order chi connectivity index (χ1) is 10.6. The monoisotopic (exact) mass is 356 g/mol. The van der Waals surface area contributed by atoms with Gasteiger partial charge >= 0.3 is 0 Å². The molecule has 22 heavy (non-hydrogen) atoms. The van der Waals surface area contributed by atoms with Gasteiger partial charge in [-0.15, -0.1) is 10.2 Å². The van der Waals surface area contributed by atoms with Gasteiger partial charge in [-0.05, 0) is 31.4 Å². The van der Waals surface area contributed by atoms with E-state index in [1.54, 1.807) is 44.2 Å². The second-order valence-corrected chi connectivity index (χ2v) is 7.85. The third kappa shape index (κ3) is 3.93. The van der Waals surface area contributed by atoms with Gasteiger partial charge in [-0.2, -0.15) is 0 Å². The molecule has 0 fully saturated rings. The summed E-state index contributed by atoms with van der Waals surface area (Å²) in [6, 6.07) is 5.18. The van der Waals surface area contributed by atoms with Crippen LogP contribution in [-0.4, -0.2) is 41.7 Å². The molecule has 1 aromatic carbocycles. The van der Waals surface area contributed by atoms with Crippen molar-refractivity contribution in [2.75, 3.05) is 20.5 Å². The van der Waals surface area contributed by atoms with E-state index in [0.29, 0.717) is 17.1 Å². The zero-order valence-corrected chi connectivity index (χ0v) is 15.1. The van der Waals surface area contributed by atoms with Gasteiger partial charge in [0, 0.05) is 5.56 Å². The van der Waals surface area contributed by atoms with Crippen LogP contribution in [0.5, 0.6) is 11.5 Å². The van der Waals surface area contributed by atoms with Gasteiger partial charge < -0.3 is 9.47 Å². The lowest BCUT2D eigenvalue weighted by molar-refractivity contribution is 0.0993. The van der Waals surface area contributed by atoms with Crippen LogP contribution in [-0.2, 0) is 0 Å². The summed E-state index contributed by atoms with van der Waals surface area (Å²) < 4.78 is 12.1. The van der Waals surface area contributed by atoms with E-state index in [9.17, 15) is 4.79 Å². The van der Waals surface area contributed by atoms with Crippen molar-refractivity contribution < 1.29 is 14.3 Å². The summed E-state index contributed by atoms with van der Waals surface area (Å²) in [7, 11) is 3.12. The molecule has 0 radical (unpaired) electrons. The summed E-state index contributed by atoms with van der Waals surface area (Å²) in [5, 5.41) is 7.86. The highest BCUT2D eigenvalue weighted by Crippen LogP contribution is 2.33. The van der Waals surface area contributed by atoms with Crippen LogP contribution in [0.2, 0.25) is 0 Å². The van der Waals surface area contributed by atoms with Crippen LogP contribution in [0, 0.1) is 0 Å². The quantitative estimate of drug-likeness (QED) is 0.554. The fourth-order valence-electron chi connectivity index (χ4n) is 1.76. The normalized spacial score (nSPS) is 12.0. The lowest BCUT2D eigenvalue weighted by Crippen LogP contribution is -2.13. The molecule has 0 aliphatic heterocycles. The van der Waals surface area contributed by atoms with Gasteiger partial charge in [0.15, 0.2) is 26.0 Å². The topological polar surface area (TPSA) is 61.3 Å². The predicted molar refractivity (Wildman–Crippen MR) is 90.9 cm³/mol. The van der Waals surface area contributed by atoms with Gasteiger partial charge in [-0.25, -0.2) is 0 Å². The summed E-state index contributed by atoms with van der Waals surface area (Å²) in [6.45, 7) is 1.86. The van der Waals surface area contributed by atoms with E-state index in [1.165, 1.54) is 23.1 Å². The molecule has 1 aromatic heterocycles. The number of Topliss-reactive ketones (excluding diaryl/α,β-unsaturated/α-hetero) is 1. The molecule has 5 nitrogen and oxygen atoms in total. The van der Waals surface area contributed by atoms with Crippen molar-refractivity contribution in [1.29, 1.82) is 0 Å². The molecule has 1 atom stereocenters. The van der Waals surface area contributed by atoms with E-state index in [2.05, 4.69) is 10.2 Å². The molecular formula is C14H16N2O3S3. The van der Waals surface area contributed by atoms with Crippen LogP contribution in [0.3, 0.4) is 0 Å². The van der Waals surface area contributed by atoms with Crippen LogP contribution in [0.15, 0.2) is 26.9 Å². The molecule has 0 aliphatic carbocycles. The molecule has 0 saturated carbocycles. The van der Waals surface area contributed by atoms with Gasteiger partial charge in [0.2, 0.25) is 0 Å². The van der Waals surface area contributed by atoms with Crippen LogP contribution >= 0.6 is 34.9 Å². The minimum absolute atomic E-state index is 0.0202. The van der Waals surface area contributed by atoms with Gasteiger partial charge in [0.1, 0.15) is 0 Å². The van der Waals surface area contributed by atoms with E-state index in [1.807, 2.05) is 13.2 Å². The molecule has 0 spiro atoms. The highest BCUT2D eigenvalue weighted by Gasteiger charge is 2.20. The second-order valence-electron chi connectivity index (χ2n) is 4.23. The van der Waals surface area contributed by atoms with E-state index < -0.39 is 0 Å². The zero-order chi connectivity index (χ0) is 16.1. The number of carbonyl (C=O) groups excluding carboxylic acids is 1. The Bertz CT molecular complexity index is 661. The Hall–Kier alpha value is -1.25. The van der Waals surface area contributed by atoms with Crippen molar-refractivity contribution in [2.45, 2.75) is 20.9 Å². The molecule has 0 aliphatic rings. The molecule has 2 rings (SSSR count). The number of hydrogen-bond acceptors (Lipinski definition) is 8. The average Bonchev–Trinajstić information content (AvgIpc) is 3.00. The maximum Gasteiger partial charge on any atom is 0.176 e. The van der Waals surface area contributed by atoms with Crippen LogP contribution in [0.25, 0.3) is 0 Å². The van der Waals surface area contributed by atoms with Crippen molar-refractivity contribution in [1.82, 2.24) is 10.2 Å². The maximum atomic E-state index is 12.5. The molecular weight excluding hydrogens is 340 g/mol. The number of ether oxygens (including phenoxy) is 2. The first-order valence-corrected chi connectivity index (χ1v) is 9.31. The minimum atomic E-state index is -0.249. The molecule has 1 unspecified atom stereocenters. The van der Waals surface area contributed by atoms with E-state index in [0.717, 1.165) is 8.68 Å². The number of carbonyl (C=O) groups is 1. The Balaban J connectivity index is 2.12. The summed E-state index contributed by atoms with van der Waals surface area (Å²) >= 11 is 4.46. The summed E-state index contributed by atoms with van der Waals surface area (Å²) in [5.74, 6) is 1.17. The first-order valence-electron chi connectivity index (χ1n) is 6.39. The minimum Gasteiger partial charge on any atom is -0.493 e. The smallest absolute Gasteiger partial charge is 0.176 e. The van der Waals surface area contributed by atoms with Crippen molar-refractivity contribution in [2.24, 2.45) is 0 Å². The Labute approximate surface area is 141 Å². The SMILES string of the molecule is COc1ccc(C(=O)C(C)Sc2nnc(SC)s2)cc1OC. The lowest BCUT2D eigenvalue weighted by Gasteiger charge is -2.11. The van der Waals surface area contributed by atoms with Gasteiger partial charge in [-0.1, -0.05) is 34.9 Å². The second kappa shape index (κ2) is 7.85. The Morgan fingerprint density at radius 2 is 1.86 bits per heavy atom. The fourth-order valence-corrected chi connectivity index (χ4v) is 4.42. The Morgan fingerprint density at radius 1 is 1.18 bits per heavy atom. The number of thioether (sulfide) groups is 2. The van der Waals surface area contributed by atoms with Crippen molar-refractivity contribution in [3.05, 3.63) is 23.8 Å². The van der Waals surface area contributed by atoms with Crippen LogP contribution in [0.1, 0.15) is 17.3 Å². The maximum absolute atomic E-state index is 12.5. The number of ketones is 1. The van der Waals surface area contributed by atoms with Crippen molar-refractivity contribution in [3.8, 4) is 11.5 Å². The van der Waals surface area contributed by atoms with Gasteiger partial charge in [-0.3, -0.25) is 4.79 Å². The zero-order valence-electron chi connectivity index (χ0n) is 12.7. The van der Waals surface area contributed by atoms with Crippen LogP contribution < -0.4 is 9.47 Å². The number of benzene rings is 1. The number of rotatable bonds is 7. The fraction of sp³-hybridized carbons (Fsp3) is 0.357. The Kier molecular flexibility index (Phi) is 6.10. The standard InChI is InChI=1S/C14H16N2O3S3/c1-8(21-14-16-15-13(20-4)22-14)12(17)9-5-6-10(18-2)11(7-9)19-3/h5-8H,1-4H3. The predicted octanol–water partition coefficient (Wildman–Crippen LogP) is 3.64. The van der Waals surface area contributed by atoms with E-state index in [-0.39, 0.29) is 11.0 Å². The largest absolute Gasteiger partial charge is 0.493 e. The third-order valence-corrected chi connectivity index (χ3v) is 5.96. The van der Waals surface area contributed by atoms with Crippen molar-refractivity contribution >= 4 is 40.6 Å². The summed E-state index contributed by atoms with van der Waals surface area (Å²) in [4.78, 5) is 12.5. The number of hydrogen-bond donors (Lipinski definition) is 0. The molecule has 0 amide bonds. The summed E-state index contributed by atoms with van der Waals surface area (Å²) in [5.41, 5.74) is 0.590. The Morgan fingerprint density at radius 3 is 2.45 bits per heavy atom. The highest BCUT2D eigenvalue weighted by molar-refractivity contribution is 8.03. The lowest BCUT2D eigenvalue weighted by atomic mass is 10.1. The number of aromatic nitrogens is 2. The van der Waals surface area contributed by atoms with Gasteiger partial charge in [0.05, 0.1) is 19.5 Å². The highest BCUT2D eigenvalue weighted by atomic mass is 32.2. The molecule has 1 heterocycles.